The molecule has 0 aromatic carbocycles. The third-order valence-electron chi connectivity index (χ3n) is 2.61. The highest BCUT2D eigenvalue weighted by Gasteiger charge is 2.27. The first-order valence-corrected chi connectivity index (χ1v) is 4.76. The van der Waals surface area contributed by atoms with E-state index in [1.807, 2.05) is 0 Å². The Morgan fingerprint density at radius 1 is 1.50 bits per heavy atom. The Kier molecular flexibility index (Phi) is 2.63. The molecule has 2 saturated heterocycles. The fourth-order valence-electron chi connectivity index (χ4n) is 1.70. The molecule has 0 spiro atoms. The maximum Gasteiger partial charge on any atom is 0.0824 e. The Morgan fingerprint density at radius 3 is 2.75 bits per heavy atom. The molecule has 0 amide bonds. The molecule has 2 atom stereocenters. The molecule has 3 heteroatoms. The molecule has 2 rings (SSSR count). The quantitative estimate of drug-likeness (QED) is 0.597. The van der Waals surface area contributed by atoms with Gasteiger partial charge in [-0.25, -0.2) is 0 Å². The summed E-state index contributed by atoms with van der Waals surface area (Å²) in [5, 5.41) is 3.34. The minimum absolute atomic E-state index is 0.458. The van der Waals surface area contributed by atoms with Crippen LogP contribution in [-0.2, 0) is 4.74 Å². The van der Waals surface area contributed by atoms with Crippen molar-refractivity contribution in [1.29, 1.82) is 0 Å². The lowest BCUT2D eigenvalue weighted by Gasteiger charge is -2.32. The van der Waals surface area contributed by atoms with Crippen LogP contribution in [0.25, 0.3) is 0 Å². The second-order valence-corrected chi connectivity index (χ2v) is 3.63. The van der Waals surface area contributed by atoms with Crippen LogP contribution in [0.1, 0.15) is 6.42 Å². The van der Waals surface area contributed by atoms with E-state index in [4.69, 9.17) is 4.74 Å². The second-order valence-electron chi connectivity index (χ2n) is 3.63. The third-order valence-corrected chi connectivity index (χ3v) is 2.61. The van der Waals surface area contributed by atoms with Gasteiger partial charge in [-0.1, -0.05) is 0 Å². The van der Waals surface area contributed by atoms with Gasteiger partial charge in [-0.2, -0.15) is 0 Å². The van der Waals surface area contributed by atoms with Crippen molar-refractivity contribution in [2.75, 3.05) is 32.8 Å². The van der Waals surface area contributed by atoms with Gasteiger partial charge in [0.2, 0.25) is 0 Å². The summed E-state index contributed by atoms with van der Waals surface area (Å²) in [6.45, 7) is 9.61. The van der Waals surface area contributed by atoms with Gasteiger partial charge in [0.05, 0.1) is 12.7 Å². The zero-order valence-electron chi connectivity index (χ0n) is 7.46. The van der Waals surface area contributed by atoms with Crippen LogP contribution in [0.4, 0.5) is 0 Å². The Bertz CT molecular complexity index is 141. The van der Waals surface area contributed by atoms with Crippen molar-refractivity contribution in [3.63, 3.8) is 0 Å². The Balaban J connectivity index is 1.72. The predicted molar refractivity (Wildman–Crippen MR) is 47.9 cm³/mol. The van der Waals surface area contributed by atoms with Crippen LogP contribution in [0, 0.1) is 6.92 Å². The monoisotopic (exact) mass is 169 g/mol. The number of hydrogen-bond acceptors (Lipinski definition) is 3. The maximum atomic E-state index is 5.19. The number of epoxide rings is 1. The summed E-state index contributed by atoms with van der Waals surface area (Å²) in [4.78, 5) is 2.44. The van der Waals surface area contributed by atoms with Gasteiger partial charge in [0.25, 0.3) is 0 Å². The van der Waals surface area contributed by atoms with Crippen molar-refractivity contribution in [2.45, 2.75) is 18.6 Å². The molecular formula is C9H17N2O. The highest BCUT2D eigenvalue weighted by atomic mass is 16.6. The van der Waals surface area contributed by atoms with E-state index in [-0.39, 0.29) is 0 Å². The van der Waals surface area contributed by atoms with Crippen molar-refractivity contribution in [3.8, 4) is 0 Å². The van der Waals surface area contributed by atoms with Crippen molar-refractivity contribution < 1.29 is 4.74 Å². The molecule has 0 bridgehead atoms. The van der Waals surface area contributed by atoms with Crippen LogP contribution >= 0.6 is 0 Å². The minimum atomic E-state index is 0.458. The predicted octanol–water partition coefficient (Wildman–Crippen LogP) is -0.117. The summed E-state index contributed by atoms with van der Waals surface area (Å²) in [6, 6.07) is 0.458. The number of nitrogens with zero attached hydrogens (tertiary/aromatic N) is 1. The maximum absolute atomic E-state index is 5.19. The van der Waals surface area contributed by atoms with E-state index in [2.05, 4.69) is 17.1 Å². The lowest BCUT2D eigenvalue weighted by molar-refractivity contribution is 0.183. The van der Waals surface area contributed by atoms with Gasteiger partial charge in [-0.15, -0.1) is 0 Å². The molecule has 0 aromatic heterocycles. The lowest BCUT2D eigenvalue weighted by atomic mass is 10.1. The van der Waals surface area contributed by atoms with E-state index in [1.165, 1.54) is 0 Å². The average Bonchev–Trinajstić information content (AvgIpc) is 2.90. The molecular weight excluding hydrogens is 152 g/mol. The Labute approximate surface area is 74.1 Å². The highest BCUT2D eigenvalue weighted by Crippen LogP contribution is 2.18. The summed E-state index contributed by atoms with van der Waals surface area (Å²) >= 11 is 0. The molecule has 2 fully saturated rings. The third kappa shape index (κ3) is 2.19. The first-order chi connectivity index (χ1) is 5.86. The molecule has 69 valence electrons. The molecule has 2 heterocycles. The number of ether oxygens (including phenoxy) is 1. The van der Waals surface area contributed by atoms with Gasteiger partial charge >= 0.3 is 0 Å². The molecule has 12 heavy (non-hydrogen) atoms. The highest BCUT2D eigenvalue weighted by molar-refractivity contribution is 4.84. The first kappa shape index (κ1) is 8.48. The van der Waals surface area contributed by atoms with E-state index >= 15 is 0 Å². The summed E-state index contributed by atoms with van der Waals surface area (Å²) in [5.41, 5.74) is 0. The van der Waals surface area contributed by atoms with E-state index in [1.54, 1.807) is 0 Å². The Hall–Kier alpha value is -0.120. The normalized spacial score (nSPS) is 33.2. The van der Waals surface area contributed by atoms with Crippen LogP contribution in [0.2, 0.25) is 0 Å². The average molecular weight is 169 g/mol. The molecule has 1 N–H and O–H groups in total. The van der Waals surface area contributed by atoms with E-state index in [0.717, 1.165) is 39.2 Å². The molecule has 0 saturated carbocycles. The van der Waals surface area contributed by atoms with Crippen LogP contribution in [-0.4, -0.2) is 49.8 Å². The topological polar surface area (TPSA) is 27.8 Å². The van der Waals surface area contributed by atoms with Gasteiger partial charge in [-0.05, 0) is 13.3 Å². The van der Waals surface area contributed by atoms with Gasteiger partial charge in [0.15, 0.2) is 0 Å². The zero-order valence-corrected chi connectivity index (χ0v) is 7.46. The fourth-order valence-corrected chi connectivity index (χ4v) is 1.70. The number of hydrogen-bond donors (Lipinski definition) is 1. The van der Waals surface area contributed by atoms with Crippen LogP contribution in [0.3, 0.4) is 0 Å². The van der Waals surface area contributed by atoms with E-state index in [9.17, 15) is 0 Å². The van der Waals surface area contributed by atoms with E-state index in [0.29, 0.717) is 12.1 Å². The van der Waals surface area contributed by atoms with Crippen molar-refractivity contribution in [2.24, 2.45) is 0 Å². The number of piperazine rings is 1. The zero-order chi connectivity index (χ0) is 8.39. The minimum Gasteiger partial charge on any atom is -0.373 e. The van der Waals surface area contributed by atoms with Gasteiger partial charge in [0, 0.05) is 32.2 Å². The first-order valence-electron chi connectivity index (χ1n) is 4.76. The standard InChI is InChI=1S/C9H17N2O/c1-8(6-9-7-12-9)11-4-2-10-3-5-11/h8-10H,1-7H2. The summed E-state index contributed by atoms with van der Waals surface area (Å²) in [5.74, 6) is 0. The fraction of sp³-hybridized carbons (Fsp3) is 0.889. The molecule has 2 aliphatic rings. The van der Waals surface area contributed by atoms with Crippen LogP contribution in [0.5, 0.6) is 0 Å². The lowest BCUT2D eigenvalue weighted by Crippen LogP contribution is -2.47. The SMILES string of the molecule is [CH2]C(CC1CO1)N1CCNCC1. The largest absolute Gasteiger partial charge is 0.373 e. The molecule has 0 aromatic rings. The summed E-state index contributed by atoms with van der Waals surface area (Å²) in [7, 11) is 0. The smallest absolute Gasteiger partial charge is 0.0824 e. The van der Waals surface area contributed by atoms with Crippen LogP contribution in [0.15, 0.2) is 0 Å². The molecule has 2 unspecified atom stereocenters. The van der Waals surface area contributed by atoms with Crippen molar-refractivity contribution in [1.82, 2.24) is 10.2 Å². The molecule has 0 aliphatic carbocycles. The summed E-state index contributed by atoms with van der Waals surface area (Å²) < 4.78 is 5.19. The van der Waals surface area contributed by atoms with Crippen LogP contribution < -0.4 is 5.32 Å². The van der Waals surface area contributed by atoms with Crippen molar-refractivity contribution >= 4 is 0 Å². The van der Waals surface area contributed by atoms with Gasteiger partial charge < -0.3 is 10.1 Å². The summed E-state index contributed by atoms with van der Waals surface area (Å²) in [6.07, 6.45) is 1.63. The van der Waals surface area contributed by atoms with E-state index < -0.39 is 0 Å². The Morgan fingerprint density at radius 2 is 2.17 bits per heavy atom. The molecule has 1 radical (unpaired) electrons. The van der Waals surface area contributed by atoms with Gasteiger partial charge in [0.1, 0.15) is 0 Å². The molecule has 2 aliphatic heterocycles. The number of rotatable bonds is 3. The number of nitrogens with one attached hydrogen (secondary N) is 1. The second kappa shape index (κ2) is 3.73. The van der Waals surface area contributed by atoms with Gasteiger partial charge in [-0.3, -0.25) is 4.90 Å². The molecule has 3 nitrogen and oxygen atoms in total. The van der Waals surface area contributed by atoms with Crippen molar-refractivity contribution in [3.05, 3.63) is 6.92 Å².